The second-order valence-corrected chi connectivity index (χ2v) is 11.7. The number of phenolic OH excluding ortho intramolecular Hbond substituents is 3. The second-order valence-electron chi connectivity index (χ2n) is 11.7. The van der Waals surface area contributed by atoms with Crippen molar-refractivity contribution in [2.45, 2.75) is 71.6 Å². The van der Waals surface area contributed by atoms with Crippen LogP contribution >= 0.6 is 0 Å². The molecule has 3 nitrogen and oxygen atoms in total. The Morgan fingerprint density at radius 1 is 0.409 bits per heavy atom. The average molecular weight is 619 g/mol. The molecule has 0 aliphatic rings. The fourth-order valence-corrected chi connectivity index (χ4v) is 5.10. The average Bonchev–Trinajstić information content (AvgIpc) is 2.90. The van der Waals surface area contributed by atoms with Gasteiger partial charge in [-0.3, -0.25) is 0 Å². The Balaban J connectivity index is 0.000000249. The molecule has 4 rings (SSSR count). The lowest BCUT2D eigenvalue weighted by molar-refractivity contribution is -0.288. The van der Waals surface area contributed by atoms with Gasteiger partial charge in [0.25, 0.3) is 0 Å². The lowest BCUT2D eigenvalue weighted by Gasteiger charge is -2.38. The van der Waals surface area contributed by atoms with Crippen molar-refractivity contribution in [1.29, 1.82) is 0 Å². The molecule has 0 saturated carbocycles. The largest absolute Gasteiger partial charge is 0.508 e. The van der Waals surface area contributed by atoms with Gasteiger partial charge in [-0.2, -0.15) is 26.3 Å². The first-order valence-corrected chi connectivity index (χ1v) is 13.8. The predicted octanol–water partition coefficient (Wildman–Crippen LogP) is 9.77. The molecule has 0 bridgehead atoms. The molecule has 0 aliphatic heterocycles. The first-order valence-electron chi connectivity index (χ1n) is 13.8. The molecule has 0 unspecified atom stereocenters. The van der Waals surface area contributed by atoms with Crippen molar-refractivity contribution in [2.75, 3.05) is 0 Å². The zero-order valence-electron chi connectivity index (χ0n) is 25.5. The van der Waals surface area contributed by atoms with Crippen LogP contribution in [0.15, 0.2) is 72.8 Å². The van der Waals surface area contributed by atoms with E-state index in [1.807, 2.05) is 13.0 Å². The van der Waals surface area contributed by atoms with Crippen molar-refractivity contribution in [2.24, 2.45) is 0 Å². The van der Waals surface area contributed by atoms with E-state index in [9.17, 15) is 41.7 Å². The monoisotopic (exact) mass is 618 g/mol. The van der Waals surface area contributed by atoms with Crippen LogP contribution in [0.1, 0.15) is 63.9 Å². The second kappa shape index (κ2) is 12.1. The lowest BCUT2D eigenvalue weighted by Crippen LogP contribution is -2.54. The third-order valence-corrected chi connectivity index (χ3v) is 8.26. The maximum absolute atomic E-state index is 13.9. The number of aromatic hydroxyl groups is 3. The van der Waals surface area contributed by atoms with Crippen molar-refractivity contribution in [3.63, 3.8) is 0 Å². The number of aryl methyl sites for hydroxylation is 5. The third kappa shape index (κ3) is 6.37. The highest BCUT2D eigenvalue weighted by Gasteiger charge is 2.72. The highest BCUT2D eigenvalue weighted by atomic mass is 19.4. The Bertz CT molecular complexity index is 1530. The van der Waals surface area contributed by atoms with Crippen molar-refractivity contribution < 1.29 is 41.7 Å². The van der Waals surface area contributed by atoms with Crippen LogP contribution in [0.3, 0.4) is 0 Å². The SMILES string of the molecule is Cc1cc(C(c2ccc(O)c(C)c2)(C(F)(F)F)C(F)(F)F)ccc1O.Cc1ccc(C(C)(C)c2ccc(O)c(C)c2)cc1C. The number of hydrogen-bond acceptors (Lipinski definition) is 3. The van der Waals surface area contributed by atoms with Crippen LogP contribution in [0.5, 0.6) is 17.2 Å². The van der Waals surface area contributed by atoms with Gasteiger partial charge in [0.1, 0.15) is 17.2 Å². The van der Waals surface area contributed by atoms with Crippen molar-refractivity contribution in [1.82, 2.24) is 0 Å². The zero-order valence-corrected chi connectivity index (χ0v) is 25.5. The third-order valence-electron chi connectivity index (χ3n) is 8.26. The number of rotatable bonds is 4. The fraction of sp³-hybridized carbons (Fsp3) is 0.314. The molecular formula is C35H36F6O3. The molecule has 0 heterocycles. The van der Waals surface area contributed by atoms with E-state index in [1.54, 1.807) is 6.07 Å². The van der Waals surface area contributed by atoms with Crippen molar-refractivity contribution in [3.05, 3.63) is 123 Å². The normalized spacial score (nSPS) is 12.5. The van der Waals surface area contributed by atoms with Gasteiger partial charge in [0, 0.05) is 5.41 Å². The van der Waals surface area contributed by atoms with Gasteiger partial charge >= 0.3 is 12.4 Å². The van der Waals surface area contributed by atoms with Crippen LogP contribution in [-0.4, -0.2) is 27.7 Å². The van der Waals surface area contributed by atoms with Gasteiger partial charge in [-0.25, -0.2) is 0 Å². The summed E-state index contributed by atoms with van der Waals surface area (Å²) in [6.07, 6.45) is -11.4. The molecule has 236 valence electrons. The number of hydrogen-bond donors (Lipinski definition) is 3. The summed E-state index contributed by atoms with van der Waals surface area (Å²) in [5, 5.41) is 28.6. The van der Waals surface area contributed by atoms with Gasteiger partial charge in [0.05, 0.1) is 0 Å². The summed E-state index contributed by atoms with van der Waals surface area (Å²) < 4.78 is 83.2. The summed E-state index contributed by atoms with van der Waals surface area (Å²) in [5.74, 6) is -0.465. The van der Waals surface area contributed by atoms with Crippen molar-refractivity contribution in [3.8, 4) is 17.2 Å². The van der Waals surface area contributed by atoms with Crippen LogP contribution in [0, 0.1) is 34.6 Å². The van der Waals surface area contributed by atoms with Gasteiger partial charge in [-0.1, -0.05) is 68.4 Å². The summed E-state index contributed by atoms with van der Waals surface area (Å²) in [5.41, 5.74) is -0.616. The first kappa shape index (κ1) is 34.4. The molecule has 9 heteroatoms. The van der Waals surface area contributed by atoms with Crippen LogP contribution in [0.2, 0.25) is 0 Å². The summed E-state index contributed by atoms with van der Waals surface area (Å²) >= 11 is 0. The molecule has 0 saturated heterocycles. The molecule has 4 aromatic carbocycles. The smallest absolute Gasteiger partial charge is 0.411 e. The van der Waals surface area contributed by atoms with Crippen molar-refractivity contribution >= 4 is 0 Å². The standard InChI is InChI=1S/C18H22O.C17H14F6O2/c1-12-6-7-15(10-13(12)2)18(4,5)16-8-9-17(19)14(3)11-16;1-9-7-11(3-5-13(9)24)15(16(18,19)20,17(21,22)23)12-4-6-14(25)10(2)8-12/h6-11,19H,1-5H3;3-8,24-25H,1-2H3. The summed E-state index contributed by atoms with van der Waals surface area (Å²) in [6.45, 7) is 13.1. The Kier molecular flexibility index (Phi) is 9.44. The summed E-state index contributed by atoms with van der Waals surface area (Å²) in [6, 6.07) is 16.6. The van der Waals surface area contributed by atoms with Crippen LogP contribution in [-0.2, 0) is 10.8 Å². The minimum atomic E-state index is -5.71. The highest BCUT2D eigenvalue weighted by Crippen LogP contribution is 2.56. The van der Waals surface area contributed by atoms with E-state index in [2.05, 4.69) is 52.0 Å². The minimum Gasteiger partial charge on any atom is -0.508 e. The van der Waals surface area contributed by atoms with Crippen LogP contribution in [0.25, 0.3) is 0 Å². The Labute approximate surface area is 253 Å². The maximum Gasteiger partial charge on any atom is 0.411 e. The molecule has 44 heavy (non-hydrogen) atoms. The van der Waals surface area contributed by atoms with E-state index in [4.69, 9.17) is 0 Å². The molecule has 0 aromatic heterocycles. The molecule has 4 aromatic rings. The van der Waals surface area contributed by atoms with Gasteiger partial charge in [-0.15, -0.1) is 0 Å². The lowest BCUT2D eigenvalue weighted by atomic mass is 9.72. The number of alkyl halides is 6. The van der Waals surface area contributed by atoms with Crippen LogP contribution in [0.4, 0.5) is 26.3 Å². The fourth-order valence-electron chi connectivity index (χ4n) is 5.10. The minimum absolute atomic E-state index is 0.0586. The quantitative estimate of drug-likeness (QED) is 0.200. The molecular weight excluding hydrogens is 582 g/mol. The maximum atomic E-state index is 13.9. The Hall–Kier alpha value is -4.14. The molecule has 0 atom stereocenters. The van der Waals surface area contributed by atoms with E-state index in [-0.39, 0.29) is 16.5 Å². The number of halogens is 6. The van der Waals surface area contributed by atoms with E-state index < -0.39 is 40.4 Å². The van der Waals surface area contributed by atoms with Gasteiger partial charge in [0.2, 0.25) is 5.41 Å². The molecule has 0 aliphatic carbocycles. The van der Waals surface area contributed by atoms with E-state index in [1.165, 1.54) is 36.1 Å². The Morgan fingerprint density at radius 2 is 0.705 bits per heavy atom. The van der Waals surface area contributed by atoms with Gasteiger partial charge in [0.15, 0.2) is 0 Å². The topological polar surface area (TPSA) is 60.7 Å². The summed E-state index contributed by atoms with van der Waals surface area (Å²) in [4.78, 5) is 0. The molecule has 0 fully saturated rings. The molecule has 0 radical (unpaired) electrons. The summed E-state index contributed by atoms with van der Waals surface area (Å²) in [7, 11) is 0. The predicted molar refractivity (Wildman–Crippen MR) is 159 cm³/mol. The van der Waals surface area contributed by atoms with Gasteiger partial charge in [-0.05, 0) is 103 Å². The first-order chi connectivity index (χ1) is 20.1. The Morgan fingerprint density at radius 3 is 1.02 bits per heavy atom. The number of benzene rings is 4. The molecule has 0 amide bonds. The van der Waals surface area contributed by atoms with E-state index >= 15 is 0 Å². The zero-order chi connectivity index (χ0) is 33.4. The van der Waals surface area contributed by atoms with Gasteiger partial charge < -0.3 is 15.3 Å². The highest BCUT2D eigenvalue weighted by molar-refractivity contribution is 5.50. The molecule has 0 spiro atoms. The molecule has 3 N–H and O–H groups in total. The van der Waals surface area contributed by atoms with Crippen LogP contribution < -0.4 is 0 Å². The number of phenols is 3. The van der Waals surface area contributed by atoms with E-state index in [0.717, 1.165) is 17.7 Å². The van der Waals surface area contributed by atoms with E-state index in [0.29, 0.717) is 30.0 Å².